The van der Waals surface area contributed by atoms with Gasteiger partial charge in [-0.15, -0.1) is 0 Å². The van der Waals surface area contributed by atoms with Gasteiger partial charge in [0.05, 0.1) is 0 Å². The monoisotopic (exact) mass is 290 g/mol. The molecule has 0 amide bonds. The second-order valence-electron chi connectivity index (χ2n) is 3.92. The van der Waals surface area contributed by atoms with Crippen LogP contribution < -0.4 is 10.6 Å². The van der Waals surface area contributed by atoms with E-state index in [-0.39, 0.29) is 0 Å². The largest absolute Gasteiger partial charge is 0.388 e. The van der Waals surface area contributed by atoms with Gasteiger partial charge in [0.25, 0.3) is 0 Å². The Labute approximate surface area is 110 Å². The average Bonchev–Trinajstić information content (AvgIpc) is 2.35. The lowest BCUT2D eigenvalue weighted by molar-refractivity contribution is 1.42. The molecule has 0 saturated heterocycles. The Hall–Kier alpha value is -1.48. The maximum absolute atomic E-state index is 3.53. The number of aryl methyl sites for hydroxylation is 1. The standard InChI is InChI=1S/C14H15BrN2/c1-10-3-4-13(9-14(10)15)17-12-7-5-11(16-2)6-8-12/h3-9,16-17H,1-2H3. The summed E-state index contributed by atoms with van der Waals surface area (Å²) in [5, 5.41) is 6.46. The smallest absolute Gasteiger partial charge is 0.0395 e. The highest BCUT2D eigenvalue weighted by Crippen LogP contribution is 2.24. The first-order valence-electron chi connectivity index (χ1n) is 5.50. The molecule has 0 atom stereocenters. The van der Waals surface area contributed by atoms with E-state index in [9.17, 15) is 0 Å². The fourth-order valence-corrected chi connectivity index (χ4v) is 1.94. The topological polar surface area (TPSA) is 24.1 Å². The molecule has 2 aromatic rings. The Kier molecular flexibility index (Phi) is 3.69. The molecule has 17 heavy (non-hydrogen) atoms. The van der Waals surface area contributed by atoms with E-state index < -0.39 is 0 Å². The van der Waals surface area contributed by atoms with Crippen molar-refractivity contribution < 1.29 is 0 Å². The summed E-state index contributed by atoms with van der Waals surface area (Å²) in [6, 6.07) is 14.5. The molecule has 0 fully saturated rings. The molecule has 0 aliphatic heterocycles. The van der Waals surface area contributed by atoms with Gasteiger partial charge in [-0.05, 0) is 48.9 Å². The molecule has 0 spiro atoms. The first kappa shape index (κ1) is 12.0. The van der Waals surface area contributed by atoms with Crippen molar-refractivity contribution in [1.82, 2.24) is 0 Å². The van der Waals surface area contributed by atoms with E-state index in [0.29, 0.717) is 0 Å². The van der Waals surface area contributed by atoms with E-state index in [1.165, 1.54) is 5.56 Å². The van der Waals surface area contributed by atoms with E-state index in [2.05, 4.69) is 63.8 Å². The predicted molar refractivity (Wildman–Crippen MR) is 78.2 cm³/mol. The quantitative estimate of drug-likeness (QED) is 0.867. The van der Waals surface area contributed by atoms with Gasteiger partial charge in [-0.3, -0.25) is 0 Å². The first-order valence-corrected chi connectivity index (χ1v) is 6.29. The lowest BCUT2D eigenvalue weighted by atomic mass is 10.2. The van der Waals surface area contributed by atoms with Crippen LogP contribution in [-0.4, -0.2) is 7.05 Å². The SMILES string of the molecule is CNc1ccc(Nc2ccc(C)c(Br)c2)cc1. The summed E-state index contributed by atoms with van der Waals surface area (Å²) in [6.07, 6.45) is 0. The second-order valence-corrected chi connectivity index (χ2v) is 4.77. The summed E-state index contributed by atoms with van der Waals surface area (Å²) < 4.78 is 1.12. The third-order valence-electron chi connectivity index (χ3n) is 2.63. The van der Waals surface area contributed by atoms with E-state index in [4.69, 9.17) is 0 Å². The number of hydrogen-bond acceptors (Lipinski definition) is 2. The number of hydrogen-bond donors (Lipinski definition) is 2. The molecule has 0 aliphatic rings. The van der Waals surface area contributed by atoms with Crippen LogP contribution in [0, 0.1) is 6.92 Å². The highest BCUT2D eigenvalue weighted by atomic mass is 79.9. The van der Waals surface area contributed by atoms with Crippen molar-refractivity contribution in [3.05, 3.63) is 52.5 Å². The van der Waals surface area contributed by atoms with E-state index in [1.807, 2.05) is 19.2 Å². The minimum atomic E-state index is 1.08. The lowest BCUT2D eigenvalue weighted by Gasteiger charge is -2.09. The van der Waals surface area contributed by atoms with Crippen molar-refractivity contribution in [2.75, 3.05) is 17.7 Å². The van der Waals surface area contributed by atoms with Crippen LogP contribution in [0.3, 0.4) is 0 Å². The molecule has 88 valence electrons. The van der Waals surface area contributed by atoms with Crippen molar-refractivity contribution in [1.29, 1.82) is 0 Å². The summed E-state index contributed by atoms with van der Waals surface area (Å²) in [7, 11) is 1.92. The molecule has 0 aromatic heterocycles. The molecule has 0 bridgehead atoms. The molecule has 0 saturated carbocycles. The second kappa shape index (κ2) is 5.23. The molecular formula is C14H15BrN2. The number of benzene rings is 2. The van der Waals surface area contributed by atoms with E-state index in [1.54, 1.807) is 0 Å². The summed E-state index contributed by atoms with van der Waals surface area (Å²) >= 11 is 3.53. The molecule has 2 N–H and O–H groups in total. The van der Waals surface area contributed by atoms with Gasteiger partial charge < -0.3 is 10.6 Å². The Bertz CT molecular complexity index is 506. The molecule has 0 aliphatic carbocycles. The summed E-state index contributed by atoms with van der Waals surface area (Å²) in [6.45, 7) is 2.08. The van der Waals surface area contributed by atoms with Gasteiger partial charge >= 0.3 is 0 Å². The van der Waals surface area contributed by atoms with Crippen LogP contribution in [0.25, 0.3) is 0 Å². The van der Waals surface area contributed by atoms with Crippen LogP contribution in [0.15, 0.2) is 46.9 Å². The van der Waals surface area contributed by atoms with Gasteiger partial charge in [0.2, 0.25) is 0 Å². The fraction of sp³-hybridized carbons (Fsp3) is 0.143. The van der Waals surface area contributed by atoms with Gasteiger partial charge in [-0.1, -0.05) is 22.0 Å². The highest BCUT2D eigenvalue weighted by Gasteiger charge is 1.98. The third kappa shape index (κ3) is 3.01. The zero-order valence-corrected chi connectivity index (χ0v) is 11.5. The van der Waals surface area contributed by atoms with E-state index in [0.717, 1.165) is 21.5 Å². The maximum atomic E-state index is 3.53. The van der Waals surface area contributed by atoms with Crippen LogP contribution in [0.1, 0.15) is 5.56 Å². The van der Waals surface area contributed by atoms with Crippen LogP contribution >= 0.6 is 15.9 Å². The number of anilines is 3. The van der Waals surface area contributed by atoms with Gasteiger partial charge in [0.1, 0.15) is 0 Å². The van der Waals surface area contributed by atoms with Crippen LogP contribution in [-0.2, 0) is 0 Å². The van der Waals surface area contributed by atoms with Crippen LogP contribution in [0.4, 0.5) is 17.1 Å². The fourth-order valence-electron chi connectivity index (χ4n) is 1.56. The van der Waals surface area contributed by atoms with Gasteiger partial charge in [-0.25, -0.2) is 0 Å². The minimum absolute atomic E-state index is 1.08. The number of nitrogens with one attached hydrogen (secondary N) is 2. The molecule has 2 nitrogen and oxygen atoms in total. The van der Waals surface area contributed by atoms with Gasteiger partial charge in [-0.2, -0.15) is 0 Å². The van der Waals surface area contributed by atoms with Crippen molar-refractivity contribution in [3.63, 3.8) is 0 Å². The number of halogens is 1. The maximum Gasteiger partial charge on any atom is 0.0395 e. The Balaban J connectivity index is 2.16. The van der Waals surface area contributed by atoms with E-state index >= 15 is 0 Å². The third-order valence-corrected chi connectivity index (χ3v) is 3.49. The summed E-state index contributed by atoms with van der Waals surface area (Å²) in [4.78, 5) is 0. The average molecular weight is 291 g/mol. The van der Waals surface area contributed by atoms with Crippen LogP contribution in [0.5, 0.6) is 0 Å². The molecule has 2 rings (SSSR count). The molecule has 3 heteroatoms. The zero-order chi connectivity index (χ0) is 12.3. The molecule has 0 radical (unpaired) electrons. The van der Waals surface area contributed by atoms with Crippen molar-refractivity contribution in [2.45, 2.75) is 6.92 Å². The number of rotatable bonds is 3. The highest BCUT2D eigenvalue weighted by molar-refractivity contribution is 9.10. The lowest BCUT2D eigenvalue weighted by Crippen LogP contribution is -1.92. The minimum Gasteiger partial charge on any atom is -0.388 e. The molecule has 2 aromatic carbocycles. The predicted octanol–water partition coefficient (Wildman–Crippen LogP) is 4.54. The zero-order valence-electron chi connectivity index (χ0n) is 9.92. The van der Waals surface area contributed by atoms with Gasteiger partial charge in [0, 0.05) is 28.6 Å². The Morgan fingerprint density at radius 2 is 1.47 bits per heavy atom. The van der Waals surface area contributed by atoms with Crippen molar-refractivity contribution in [3.8, 4) is 0 Å². The van der Waals surface area contributed by atoms with Crippen molar-refractivity contribution in [2.24, 2.45) is 0 Å². The molecule has 0 unspecified atom stereocenters. The van der Waals surface area contributed by atoms with Crippen molar-refractivity contribution >= 4 is 33.0 Å². The molecule has 0 heterocycles. The normalized spacial score (nSPS) is 10.1. The Morgan fingerprint density at radius 3 is 2.06 bits per heavy atom. The molecular weight excluding hydrogens is 276 g/mol. The Morgan fingerprint density at radius 1 is 0.882 bits per heavy atom. The van der Waals surface area contributed by atoms with Gasteiger partial charge in [0.15, 0.2) is 0 Å². The van der Waals surface area contributed by atoms with Crippen LogP contribution in [0.2, 0.25) is 0 Å². The first-order chi connectivity index (χ1) is 8.19. The summed E-state index contributed by atoms with van der Waals surface area (Å²) in [5.74, 6) is 0. The summed E-state index contributed by atoms with van der Waals surface area (Å²) in [5.41, 5.74) is 4.51.